The zero-order valence-corrected chi connectivity index (χ0v) is 8.83. The molecule has 0 spiro atoms. The zero-order chi connectivity index (χ0) is 10.2. The summed E-state index contributed by atoms with van der Waals surface area (Å²) < 4.78 is 0. The van der Waals surface area contributed by atoms with Crippen LogP contribution in [0.15, 0.2) is 0 Å². The van der Waals surface area contributed by atoms with E-state index in [1.807, 2.05) is 6.92 Å². The third kappa shape index (κ3) is 2.15. The molecule has 0 amide bonds. The van der Waals surface area contributed by atoms with E-state index >= 15 is 0 Å². The summed E-state index contributed by atoms with van der Waals surface area (Å²) in [6.45, 7) is 3.81. The summed E-state index contributed by atoms with van der Waals surface area (Å²) in [4.78, 5) is 13.5. The number of carbonyl (C=O) groups is 1. The third-order valence-corrected chi connectivity index (χ3v) is 3.61. The summed E-state index contributed by atoms with van der Waals surface area (Å²) in [7, 11) is 0. The molecule has 1 N–H and O–H groups in total. The number of piperidine rings is 1. The van der Waals surface area contributed by atoms with E-state index in [2.05, 4.69) is 4.90 Å². The minimum atomic E-state index is -0.473. The maximum absolute atomic E-state index is 11.1. The molecule has 0 radical (unpaired) electrons. The normalized spacial score (nSPS) is 33.6. The highest BCUT2D eigenvalue weighted by Gasteiger charge is 2.33. The van der Waals surface area contributed by atoms with E-state index in [-0.39, 0.29) is 0 Å². The molecule has 0 bridgehead atoms. The first-order valence-electron chi connectivity index (χ1n) is 5.55. The van der Waals surface area contributed by atoms with Gasteiger partial charge in [-0.3, -0.25) is 9.69 Å². The molecular weight excluding hydrogens is 178 g/mol. The van der Waals surface area contributed by atoms with Crippen LogP contribution in [0.5, 0.6) is 0 Å². The maximum Gasteiger partial charge on any atom is 0.134 e. The number of rotatable bonds is 1. The summed E-state index contributed by atoms with van der Waals surface area (Å²) in [6.07, 6.45) is 4.22. The molecule has 2 fully saturated rings. The molecule has 1 saturated carbocycles. The van der Waals surface area contributed by atoms with Crippen molar-refractivity contribution in [2.45, 2.75) is 50.7 Å². The van der Waals surface area contributed by atoms with Gasteiger partial charge in [0.25, 0.3) is 0 Å². The van der Waals surface area contributed by atoms with Crippen LogP contribution in [0, 0.1) is 0 Å². The molecule has 2 aliphatic rings. The van der Waals surface area contributed by atoms with Gasteiger partial charge in [0.05, 0.1) is 5.60 Å². The van der Waals surface area contributed by atoms with Gasteiger partial charge in [-0.25, -0.2) is 0 Å². The highest BCUT2D eigenvalue weighted by molar-refractivity contribution is 5.81. The highest BCUT2D eigenvalue weighted by Crippen LogP contribution is 2.27. The van der Waals surface area contributed by atoms with E-state index in [1.54, 1.807) is 0 Å². The molecule has 0 aromatic carbocycles. The quantitative estimate of drug-likeness (QED) is 0.680. The first kappa shape index (κ1) is 10.1. The molecule has 1 heterocycles. The molecule has 1 saturated heterocycles. The van der Waals surface area contributed by atoms with Gasteiger partial charge in [0, 0.05) is 32.0 Å². The molecule has 1 aliphatic heterocycles. The second-order valence-corrected chi connectivity index (χ2v) is 4.97. The van der Waals surface area contributed by atoms with E-state index in [1.165, 1.54) is 0 Å². The smallest absolute Gasteiger partial charge is 0.134 e. The van der Waals surface area contributed by atoms with Gasteiger partial charge in [0.2, 0.25) is 0 Å². The van der Waals surface area contributed by atoms with Crippen LogP contribution in [-0.4, -0.2) is 40.5 Å². The highest BCUT2D eigenvalue weighted by atomic mass is 16.3. The topological polar surface area (TPSA) is 40.5 Å². The van der Waals surface area contributed by atoms with Crippen LogP contribution in [-0.2, 0) is 4.79 Å². The number of aliphatic hydroxyl groups is 1. The maximum atomic E-state index is 11.1. The number of hydrogen-bond donors (Lipinski definition) is 1. The van der Waals surface area contributed by atoms with Gasteiger partial charge < -0.3 is 5.11 Å². The Morgan fingerprint density at radius 3 is 2.57 bits per heavy atom. The minimum absolute atomic E-state index is 0.410. The lowest BCUT2D eigenvalue weighted by Gasteiger charge is -2.38. The number of hydrogen-bond acceptors (Lipinski definition) is 3. The fourth-order valence-corrected chi connectivity index (χ4v) is 2.48. The molecule has 3 nitrogen and oxygen atoms in total. The number of Topliss-reactive ketones (excluding diaryl/α,β-unsaturated/α-hetero) is 1. The Morgan fingerprint density at radius 2 is 2.07 bits per heavy atom. The largest absolute Gasteiger partial charge is 0.390 e. The molecule has 3 heteroatoms. The van der Waals surface area contributed by atoms with Crippen molar-refractivity contribution >= 4 is 5.78 Å². The summed E-state index contributed by atoms with van der Waals surface area (Å²) in [5, 5.41) is 9.79. The Kier molecular flexibility index (Phi) is 2.62. The van der Waals surface area contributed by atoms with E-state index in [0.717, 1.165) is 45.2 Å². The SMILES string of the molecule is CC1(O)CCN(C2CCC(=O)C2)CC1. The number of ketones is 1. The monoisotopic (exact) mass is 197 g/mol. The van der Waals surface area contributed by atoms with Gasteiger partial charge in [-0.2, -0.15) is 0 Å². The standard InChI is InChI=1S/C11H19NO2/c1-11(14)4-6-12(7-5-11)9-2-3-10(13)8-9/h9,14H,2-8H2,1H3. The lowest BCUT2D eigenvalue weighted by atomic mass is 9.93. The molecule has 0 aromatic heterocycles. The first-order valence-corrected chi connectivity index (χ1v) is 5.55. The van der Waals surface area contributed by atoms with Crippen molar-refractivity contribution < 1.29 is 9.90 Å². The van der Waals surface area contributed by atoms with E-state index < -0.39 is 5.60 Å². The first-order chi connectivity index (χ1) is 6.57. The Bertz CT molecular complexity index is 227. The van der Waals surface area contributed by atoms with E-state index in [0.29, 0.717) is 11.8 Å². The summed E-state index contributed by atoms with van der Waals surface area (Å²) >= 11 is 0. The van der Waals surface area contributed by atoms with Crippen molar-refractivity contribution in [2.24, 2.45) is 0 Å². The summed E-state index contributed by atoms with van der Waals surface area (Å²) in [5.41, 5.74) is -0.473. The fourth-order valence-electron chi connectivity index (χ4n) is 2.48. The number of carbonyl (C=O) groups excluding carboxylic acids is 1. The summed E-state index contributed by atoms with van der Waals surface area (Å²) in [5.74, 6) is 0.410. The van der Waals surface area contributed by atoms with Gasteiger partial charge in [-0.05, 0) is 26.2 Å². The molecule has 2 rings (SSSR count). The Hall–Kier alpha value is -0.410. The average Bonchev–Trinajstić information content (AvgIpc) is 2.52. The Labute approximate surface area is 85.1 Å². The lowest BCUT2D eigenvalue weighted by Crippen LogP contribution is -2.46. The van der Waals surface area contributed by atoms with Crippen molar-refractivity contribution in [3.63, 3.8) is 0 Å². The molecule has 1 unspecified atom stereocenters. The summed E-state index contributed by atoms with van der Waals surface area (Å²) in [6, 6.07) is 0.471. The zero-order valence-electron chi connectivity index (χ0n) is 8.83. The van der Waals surface area contributed by atoms with Gasteiger partial charge in [0.1, 0.15) is 5.78 Å². The molecule has 1 atom stereocenters. The van der Waals surface area contributed by atoms with E-state index in [4.69, 9.17) is 0 Å². The van der Waals surface area contributed by atoms with Gasteiger partial charge in [-0.1, -0.05) is 0 Å². The lowest BCUT2D eigenvalue weighted by molar-refractivity contribution is -0.117. The van der Waals surface area contributed by atoms with Crippen molar-refractivity contribution in [1.82, 2.24) is 4.90 Å². The van der Waals surface area contributed by atoms with Crippen LogP contribution >= 0.6 is 0 Å². The van der Waals surface area contributed by atoms with E-state index in [9.17, 15) is 9.90 Å². The predicted octanol–water partition coefficient (Wildman–Crippen LogP) is 0.955. The Morgan fingerprint density at radius 1 is 1.43 bits per heavy atom. The van der Waals surface area contributed by atoms with Crippen molar-refractivity contribution in [3.05, 3.63) is 0 Å². The van der Waals surface area contributed by atoms with Gasteiger partial charge in [0.15, 0.2) is 0 Å². The second kappa shape index (κ2) is 3.63. The number of likely N-dealkylation sites (tertiary alicyclic amines) is 1. The van der Waals surface area contributed by atoms with Crippen LogP contribution in [0.25, 0.3) is 0 Å². The van der Waals surface area contributed by atoms with Crippen LogP contribution in [0.1, 0.15) is 39.0 Å². The fraction of sp³-hybridized carbons (Fsp3) is 0.909. The predicted molar refractivity (Wildman–Crippen MR) is 54.1 cm³/mol. The minimum Gasteiger partial charge on any atom is -0.390 e. The van der Waals surface area contributed by atoms with Crippen LogP contribution < -0.4 is 0 Å². The van der Waals surface area contributed by atoms with Gasteiger partial charge in [-0.15, -0.1) is 0 Å². The van der Waals surface area contributed by atoms with Crippen molar-refractivity contribution in [3.8, 4) is 0 Å². The average molecular weight is 197 g/mol. The van der Waals surface area contributed by atoms with Crippen LogP contribution in [0.3, 0.4) is 0 Å². The van der Waals surface area contributed by atoms with Crippen LogP contribution in [0.2, 0.25) is 0 Å². The molecule has 80 valence electrons. The molecule has 0 aromatic rings. The molecule has 14 heavy (non-hydrogen) atoms. The second-order valence-electron chi connectivity index (χ2n) is 4.97. The van der Waals surface area contributed by atoms with Crippen molar-refractivity contribution in [2.75, 3.05) is 13.1 Å². The number of nitrogens with zero attached hydrogens (tertiary/aromatic N) is 1. The Balaban J connectivity index is 1.86. The van der Waals surface area contributed by atoms with Crippen LogP contribution in [0.4, 0.5) is 0 Å². The van der Waals surface area contributed by atoms with Crippen molar-refractivity contribution in [1.29, 1.82) is 0 Å². The molecule has 1 aliphatic carbocycles. The molecular formula is C11H19NO2. The third-order valence-electron chi connectivity index (χ3n) is 3.61. The van der Waals surface area contributed by atoms with Gasteiger partial charge >= 0.3 is 0 Å².